The maximum absolute atomic E-state index is 12.4. The second-order valence-corrected chi connectivity index (χ2v) is 5.65. The lowest BCUT2D eigenvalue weighted by Crippen LogP contribution is -2.45. The topological polar surface area (TPSA) is 70.1 Å². The number of carbonyl (C=O) groups excluding carboxylic acids is 1. The molecule has 1 N–H and O–H groups in total. The van der Waals surface area contributed by atoms with Crippen molar-refractivity contribution in [3.05, 3.63) is 0 Å². The number of urea groups is 1. The first-order chi connectivity index (χ1) is 9.60. The Morgan fingerprint density at radius 2 is 2.20 bits per heavy atom. The Bertz CT molecular complexity index is 355. The van der Waals surface area contributed by atoms with E-state index in [1.165, 1.54) is 0 Å². The molecule has 2 aliphatic heterocycles. The standard InChI is InChI=1S/C14H24N2O4/c1-2-15(10-12-4-3-7-20-12)14(19)16-6-5-11(9-16)8-13(17)18/h11-12H,2-10H2,1H3,(H,17,18). The van der Waals surface area contributed by atoms with Crippen LogP contribution in [-0.2, 0) is 9.53 Å². The predicted molar refractivity (Wildman–Crippen MR) is 73.5 cm³/mol. The molecule has 0 aromatic carbocycles. The van der Waals surface area contributed by atoms with Gasteiger partial charge in [0.2, 0.25) is 0 Å². The van der Waals surface area contributed by atoms with Gasteiger partial charge in [-0.3, -0.25) is 4.79 Å². The van der Waals surface area contributed by atoms with E-state index in [1.54, 1.807) is 4.90 Å². The number of carboxylic acid groups (broad SMARTS) is 1. The van der Waals surface area contributed by atoms with Gasteiger partial charge in [-0.2, -0.15) is 0 Å². The number of rotatable bonds is 5. The van der Waals surface area contributed by atoms with Crippen molar-refractivity contribution >= 4 is 12.0 Å². The third-order valence-corrected chi connectivity index (χ3v) is 4.12. The van der Waals surface area contributed by atoms with Crippen molar-refractivity contribution in [3.63, 3.8) is 0 Å². The number of hydrogen-bond donors (Lipinski definition) is 1. The molecule has 6 heteroatoms. The number of ether oxygens (including phenoxy) is 1. The highest BCUT2D eigenvalue weighted by Crippen LogP contribution is 2.21. The monoisotopic (exact) mass is 284 g/mol. The van der Waals surface area contributed by atoms with Crippen LogP contribution in [0.1, 0.15) is 32.6 Å². The number of likely N-dealkylation sites (N-methyl/N-ethyl adjacent to an activating group) is 1. The quantitative estimate of drug-likeness (QED) is 0.828. The number of hydrogen-bond acceptors (Lipinski definition) is 3. The van der Waals surface area contributed by atoms with E-state index in [2.05, 4.69) is 0 Å². The van der Waals surface area contributed by atoms with Crippen LogP contribution >= 0.6 is 0 Å². The fraction of sp³-hybridized carbons (Fsp3) is 0.857. The summed E-state index contributed by atoms with van der Waals surface area (Å²) in [5, 5.41) is 8.81. The Morgan fingerprint density at radius 1 is 1.40 bits per heavy atom. The lowest BCUT2D eigenvalue weighted by molar-refractivity contribution is -0.138. The maximum atomic E-state index is 12.4. The van der Waals surface area contributed by atoms with Gasteiger partial charge in [0.15, 0.2) is 0 Å². The van der Waals surface area contributed by atoms with Crippen LogP contribution in [0.5, 0.6) is 0 Å². The molecular formula is C14H24N2O4. The molecular weight excluding hydrogens is 260 g/mol. The molecule has 2 unspecified atom stereocenters. The lowest BCUT2D eigenvalue weighted by atomic mass is 10.1. The molecule has 0 spiro atoms. The van der Waals surface area contributed by atoms with Crippen LogP contribution < -0.4 is 0 Å². The summed E-state index contributed by atoms with van der Waals surface area (Å²) in [7, 11) is 0. The van der Waals surface area contributed by atoms with E-state index in [-0.39, 0.29) is 24.5 Å². The number of carbonyl (C=O) groups is 2. The molecule has 0 aromatic rings. The minimum absolute atomic E-state index is 0.0240. The van der Waals surface area contributed by atoms with E-state index in [4.69, 9.17) is 9.84 Å². The first kappa shape index (κ1) is 15.1. The van der Waals surface area contributed by atoms with Crippen molar-refractivity contribution in [2.45, 2.75) is 38.7 Å². The number of aliphatic carboxylic acids is 1. The average Bonchev–Trinajstić information content (AvgIpc) is 3.05. The molecule has 2 rings (SSSR count). The molecule has 2 fully saturated rings. The summed E-state index contributed by atoms with van der Waals surface area (Å²) >= 11 is 0. The molecule has 6 nitrogen and oxygen atoms in total. The van der Waals surface area contributed by atoms with Crippen molar-refractivity contribution in [1.82, 2.24) is 9.80 Å². The Balaban J connectivity index is 1.83. The van der Waals surface area contributed by atoms with Gasteiger partial charge in [-0.1, -0.05) is 0 Å². The Hall–Kier alpha value is -1.30. The summed E-state index contributed by atoms with van der Waals surface area (Å²) in [6, 6.07) is 0.0240. The number of amides is 2. The third-order valence-electron chi connectivity index (χ3n) is 4.12. The van der Waals surface area contributed by atoms with E-state index in [9.17, 15) is 9.59 Å². The summed E-state index contributed by atoms with van der Waals surface area (Å²) < 4.78 is 5.58. The first-order valence-corrected chi connectivity index (χ1v) is 7.47. The minimum Gasteiger partial charge on any atom is -0.481 e. The first-order valence-electron chi connectivity index (χ1n) is 7.47. The second-order valence-electron chi connectivity index (χ2n) is 5.65. The van der Waals surface area contributed by atoms with Crippen LogP contribution in [0.15, 0.2) is 0 Å². The molecule has 2 saturated heterocycles. The van der Waals surface area contributed by atoms with E-state index in [0.717, 1.165) is 25.9 Å². The van der Waals surface area contributed by atoms with E-state index < -0.39 is 5.97 Å². The predicted octanol–water partition coefficient (Wildman–Crippen LogP) is 1.40. The average molecular weight is 284 g/mol. The van der Waals surface area contributed by atoms with Crippen molar-refractivity contribution in [3.8, 4) is 0 Å². The summed E-state index contributed by atoms with van der Waals surface area (Å²) in [6.07, 6.45) is 3.19. The van der Waals surface area contributed by atoms with E-state index in [1.807, 2.05) is 11.8 Å². The molecule has 0 aromatic heterocycles. The molecule has 20 heavy (non-hydrogen) atoms. The highest BCUT2D eigenvalue weighted by molar-refractivity contribution is 5.75. The van der Waals surface area contributed by atoms with Gasteiger partial charge in [0, 0.05) is 39.2 Å². The minimum atomic E-state index is -0.781. The van der Waals surface area contributed by atoms with Crippen LogP contribution in [0.3, 0.4) is 0 Å². The van der Waals surface area contributed by atoms with Crippen LogP contribution in [0.2, 0.25) is 0 Å². The van der Waals surface area contributed by atoms with Gasteiger partial charge in [0.25, 0.3) is 0 Å². The Morgan fingerprint density at radius 3 is 2.80 bits per heavy atom. The van der Waals surface area contributed by atoms with Crippen molar-refractivity contribution in [2.75, 3.05) is 32.8 Å². The van der Waals surface area contributed by atoms with Gasteiger partial charge in [0.1, 0.15) is 0 Å². The summed E-state index contributed by atoms with van der Waals surface area (Å²) in [6.45, 7) is 5.30. The van der Waals surface area contributed by atoms with Gasteiger partial charge >= 0.3 is 12.0 Å². The van der Waals surface area contributed by atoms with Gasteiger partial charge in [-0.15, -0.1) is 0 Å². The molecule has 2 heterocycles. The molecule has 0 saturated carbocycles. The fourth-order valence-electron chi connectivity index (χ4n) is 3.00. The van der Waals surface area contributed by atoms with Gasteiger partial charge in [0.05, 0.1) is 6.10 Å². The Kier molecular flexibility index (Phi) is 5.23. The number of likely N-dealkylation sites (tertiary alicyclic amines) is 1. The second kappa shape index (κ2) is 6.92. The maximum Gasteiger partial charge on any atom is 0.320 e. The van der Waals surface area contributed by atoms with Gasteiger partial charge < -0.3 is 19.6 Å². The third kappa shape index (κ3) is 3.85. The zero-order valence-electron chi connectivity index (χ0n) is 12.1. The van der Waals surface area contributed by atoms with Gasteiger partial charge in [-0.25, -0.2) is 4.79 Å². The number of nitrogens with zero attached hydrogens (tertiary/aromatic N) is 2. The van der Waals surface area contributed by atoms with Crippen LogP contribution in [0.4, 0.5) is 4.79 Å². The smallest absolute Gasteiger partial charge is 0.320 e. The zero-order valence-corrected chi connectivity index (χ0v) is 12.1. The number of carboxylic acids is 1. The molecule has 0 bridgehead atoms. The van der Waals surface area contributed by atoms with Crippen molar-refractivity contribution in [1.29, 1.82) is 0 Å². The zero-order chi connectivity index (χ0) is 14.5. The van der Waals surface area contributed by atoms with Crippen LogP contribution in [-0.4, -0.2) is 65.8 Å². The largest absolute Gasteiger partial charge is 0.481 e. The van der Waals surface area contributed by atoms with Crippen LogP contribution in [0.25, 0.3) is 0 Å². The highest BCUT2D eigenvalue weighted by atomic mass is 16.5. The highest BCUT2D eigenvalue weighted by Gasteiger charge is 2.31. The molecule has 2 amide bonds. The molecule has 2 atom stereocenters. The lowest BCUT2D eigenvalue weighted by Gasteiger charge is -2.29. The summed E-state index contributed by atoms with van der Waals surface area (Å²) in [5.74, 6) is -0.686. The molecule has 2 aliphatic rings. The fourth-order valence-corrected chi connectivity index (χ4v) is 3.00. The normalized spacial score (nSPS) is 25.9. The van der Waals surface area contributed by atoms with E-state index in [0.29, 0.717) is 26.2 Å². The van der Waals surface area contributed by atoms with Crippen molar-refractivity contribution in [2.24, 2.45) is 5.92 Å². The SMILES string of the molecule is CCN(CC1CCCO1)C(=O)N1CCC(CC(=O)O)C1. The van der Waals surface area contributed by atoms with Gasteiger partial charge in [-0.05, 0) is 32.1 Å². The summed E-state index contributed by atoms with van der Waals surface area (Å²) in [4.78, 5) is 26.8. The molecule has 0 aliphatic carbocycles. The van der Waals surface area contributed by atoms with E-state index >= 15 is 0 Å². The molecule has 0 radical (unpaired) electrons. The van der Waals surface area contributed by atoms with Crippen LogP contribution in [0, 0.1) is 5.92 Å². The molecule has 114 valence electrons. The van der Waals surface area contributed by atoms with Crippen molar-refractivity contribution < 1.29 is 19.4 Å². The summed E-state index contributed by atoms with van der Waals surface area (Å²) in [5.41, 5.74) is 0. The Labute approximate surface area is 119 Å².